The van der Waals surface area contributed by atoms with E-state index in [0.717, 1.165) is 0 Å². The standard InChI is InChI=1S/C14H20N2O4/c1-9-10(12(17)18)6-5-7-11(9)15-13(19)16-14(2,3)8-20-4/h5-7H,8H2,1-4H3,(H,17,18)(H2,15,16,19). The lowest BCUT2D eigenvalue weighted by Gasteiger charge is -2.25. The first-order valence-electron chi connectivity index (χ1n) is 6.18. The number of urea groups is 1. The third kappa shape index (κ3) is 4.24. The van der Waals surface area contributed by atoms with Crippen LogP contribution in [-0.2, 0) is 4.74 Å². The van der Waals surface area contributed by atoms with Crippen LogP contribution >= 0.6 is 0 Å². The second-order valence-electron chi connectivity index (χ2n) is 5.18. The molecule has 0 heterocycles. The zero-order chi connectivity index (χ0) is 15.3. The first-order chi connectivity index (χ1) is 9.26. The molecule has 6 heteroatoms. The molecule has 1 aromatic carbocycles. The second kappa shape index (κ2) is 6.38. The Balaban J connectivity index is 2.82. The Hall–Kier alpha value is -2.08. The monoisotopic (exact) mass is 280 g/mol. The molecule has 20 heavy (non-hydrogen) atoms. The molecule has 0 atom stereocenters. The largest absolute Gasteiger partial charge is 0.478 e. The maximum absolute atomic E-state index is 11.9. The second-order valence-corrected chi connectivity index (χ2v) is 5.18. The summed E-state index contributed by atoms with van der Waals surface area (Å²) in [4.78, 5) is 22.9. The number of carbonyl (C=O) groups excluding carboxylic acids is 1. The molecule has 3 N–H and O–H groups in total. The predicted molar refractivity (Wildman–Crippen MR) is 76.2 cm³/mol. The molecule has 0 aliphatic rings. The minimum Gasteiger partial charge on any atom is -0.478 e. The van der Waals surface area contributed by atoms with E-state index < -0.39 is 17.5 Å². The van der Waals surface area contributed by atoms with Gasteiger partial charge < -0.3 is 20.5 Å². The van der Waals surface area contributed by atoms with Crippen molar-refractivity contribution in [2.24, 2.45) is 0 Å². The fourth-order valence-electron chi connectivity index (χ4n) is 1.86. The van der Waals surface area contributed by atoms with E-state index in [1.165, 1.54) is 6.07 Å². The number of ether oxygens (including phenoxy) is 1. The van der Waals surface area contributed by atoms with Crippen molar-refractivity contribution in [3.63, 3.8) is 0 Å². The number of carboxylic acid groups (broad SMARTS) is 1. The molecule has 0 aliphatic heterocycles. The summed E-state index contributed by atoms with van der Waals surface area (Å²) in [6, 6.07) is 4.34. The minimum atomic E-state index is -1.02. The van der Waals surface area contributed by atoms with Crippen molar-refractivity contribution in [2.75, 3.05) is 19.0 Å². The Labute approximate surface area is 118 Å². The zero-order valence-corrected chi connectivity index (χ0v) is 12.1. The molecule has 1 aromatic rings. The Bertz CT molecular complexity index is 512. The number of aromatic carboxylic acids is 1. The molecule has 0 bridgehead atoms. The minimum absolute atomic E-state index is 0.166. The molecule has 0 spiro atoms. The molecule has 1 rings (SSSR count). The smallest absolute Gasteiger partial charge is 0.336 e. The van der Waals surface area contributed by atoms with E-state index in [1.807, 2.05) is 13.8 Å². The number of carboxylic acids is 1. The number of rotatable bonds is 5. The molecule has 2 amide bonds. The topological polar surface area (TPSA) is 87.7 Å². The van der Waals surface area contributed by atoms with Gasteiger partial charge in [-0.3, -0.25) is 0 Å². The summed E-state index contributed by atoms with van der Waals surface area (Å²) in [5.74, 6) is -1.02. The fourth-order valence-corrected chi connectivity index (χ4v) is 1.86. The van der Waals surface area contributed by atoms with Crippen molar-refractivity contribution in [1.82, 2.24) is 5.32 Å². The number of hydrogen-bond donors (Lipinski definition) is 3. The lowest BCUT2D eigenvalue weighted by molar-refractivity contribution is 0.0696. The van der Waals surface area contributed by atoms with Gasteiger partial charge in [0.2, 0.25) is 0 Å². The van der Waals surface area contributed by atoms with Gasteiger partial charge in [-0.05, 0) is 38.5 Å². The summed E-state index contributed by atoms with van der Waals surface area (Å²) in [6.07, 6.45) is 0. The maximum atomic E-state index is 11.9. The van der Waals surface area contributed by atoms with Gasteiger partial charge in [0, 0.05) is 12.8 Å². The average Bonchev–Trinajstić information content (AvgIpc) is 2.30. The number of hydrogen-bond acceptors (Lipinski definition) is 3. The van der Waals surface area contributed by atoms with E-state index in [9.17, 15) is 9.59 Å². The van der Waals surface area contributed by atoms with E-state index in [2.05, 4.69) is 10.6 Å². The lowest BCUT2D eigenvalue weighted by atomic mass is 10.1. The first-order valence-corrected chi connectivity index (χ1v) is 6.18. The van der Waals surface area contributed by atoms with Gasteiger partial charge in [-0.15, -0.1) is 0 Å². The number of amides is 2. The van der Waals surface area contributed by atoms with Crippen molar-refractivity contribution in [2.45, 2.75) is 26.3 Å². The van der Waals surface area contributed by atoms with Gasteiger partial charge >= 0.3 is 12.0 Å². The number of methoxy groups -OCH3 is 1. The molecule has 0 saturated heterocycles. The van der Waals surface area contributed by atoms with Crippen molar-refractivity contribution in [1.29, 1.82) is 0 Å². The molecule has 0 fully saturated rings. The highest BCUT2D eigenvalue weighted by atomic mass is 16.5. The SMILES string of the molecule is COCC(C)(C)NC(=O)Nc1cccc(C(=O)O)c1C. The van der Waals surface area contributed by atoms with Gasteiger partial charge in [0.05, 0.1) is 17.7 Å². The molecular formula is C14H20N2O4. The van der Waals surface area contributed by atoms with Gasteiger partial charge in [0.25, 0.3) is 0 Å². The highest BCUT2D eigenvalue weighted by Crippen LogP contribution is 2.19. The van der Waals surface area contributed by atoms with Crippen LogP contribution < -0.4 is 10.6 Å². The Morgan fingerprint density at radius 2 is 2.00 bits per heavy atom. The molecule has 0 saturated carbocycles. The van der Waals surface area contributed by atoms with Crippen LogP contribution in [0.15, 0.2) is 18.2 Å². The van der Waals surface area contributed by atoms with Crippen molar-refractivity contribution in [3.8, 4) is 0 Å². The van der Waals surface area contributed by atoms with Crippen LogP contribution in [0.5, 0.6) is 0 Å². The predicted octanol–water partition coefficient (Wildman–Crippen LogP) is 2.24. The van der Waals surface area contributed by atoms with Gasteiger partial charge in [0.15, 0.2) is 0 Å². The van der Waals surface area contributed by atoms with Crippen LogP contribution in [0.4, 0.5) is 10.5 Å². The highest BCUT2D eigenvalue weighted by molar-refractivity contribution is 5.95. The lowest BCUT2D eigenvalue weighted by Crippen LogP contribution is -2.48. The summed E-state index contributed by atoms with van der Waals surface area (Å²) in [5.41, 5.74) is 0.631. The molecule has 110 valence electrons. The summed E-state index contributed by atoms with van der Waals surface area (Å²) in [7, 11) is 1.56. The summed E-state index contributed by atoms with van der Waals surface area (Å²) < 4.78 is 5.01. The molecular weight excluding hydrogens is 260 g/mol. The van der Waals surface area contributed by atoms with Crippen LogP contribution in [0.25, 0.3) is 0 Å². The van der Waals surface area contributed by atoms with Crippen molar-refractivity contribution >= 4 is 17.7 Å². The highest BCUT2D eigenvalue weighted by Gasteiger charge is 2.21. The van der Waals surface area contributed by atoms with Gasteiger partial charge in [-0.25, -0.2) is 9.59 Å². The normalized spacial score (nSPS) is 11.0. The van der Waals surface area contributed by atoms with E-state index in [1.54, 1.807) is 26.2 Å². The Morgan fingerprint density at radius 1 is 1.35 bits per heavy atom. The first kappa shape index (κ1) is 16.0. The van der Waals surface area contributed by atoms with Crippen LogP contribution in [0.1, 0.15) is 29.8 Å². The Kier molecular flexibility index (Phi) is 5.10. The molecule has 0 aromatic heterocycles. The third-order valence-corrected chi connectivity index (χ3v) is 2.77. The van der Waals surface area contributed by atoms with Gasteiger partial charge in [0.1, 0.15) is 0 Å². The number of nitrogens with one attached hydrogen (secondary N) is 2. The van der Waals surface area contributed by atoms with E-state index in [-0.39, 0.29) is 5.56 Å². The fraction of sp³-hybridized carbons (Fsp3) is 0.429. The van der Waals surface area contributed by atoms with Crippen molar-refractivity contribution < 1.29 is 19.4 Å². The number of benzene rings is 1. The summed E-state index contributed by atoms with van der Waals surface area (Å²) in [6.45, 7) is 5.68. The number of carbonyl (C=O) groups is 2. The number of anilines is 1. The van der Waals surface area contributed by atoms with E-state index >= 15 is 0 Å². The van der Waals surface area contributed by atoms with Crippen LogP contribution in [0.2, 0.25) is 0 Å². The molecule has 0 radical (unpaired) electrons. The quantitative estimate of drug-likeness (QED) is 0.772. The van der Waals surface area contributed by atoms with E-state index in [0.29, 0.717) is 17.9 Å². The van der Waals surface area contributed by atoms with Crippen LogP contribution in [0.3, 0.4) is 0 Å². The van der Waals surface area contributed by atoms with Crippen molar-refractivity contribution in [3.05, 3.63) is 29.3 Å². The van der Waals surface area contributed by atoms with Gasteiger partial charge in [-0.1, -0.05) is 6.07 Å². The molecule has 0 unspecified atom stereocenters. The molecule has 0 aliphatic carbocycles. The maximum Gasteiger partial charge on any atom is 0.336 e. The third-order valence-electron chi connectivity index (χ3n) is 2.77. The summed E-state index contributed by atoms with van der Waals surface area (Å²) >= 11 is 0. The van der Waals surface area contributed by atoms with E-state index in [4.69, 9.17) is 9.84 Å². The summed E-state index contributed by atoms with van der Waals surface area (Å²) in [5, 5.41) is 14.4. The van der Waals surface area contributed by atoms with Gasteiger partial charge in [-0.2, -0.15) is 0 Å². The van der Waals surface area contributed by atoms with Crippen LogP contribution in [-0.4, -0.2) is 36.4 Å². The zero-order valence-electron chi connectivity index (χ0n) is 12.1. The molecule has 6 nitrogen and oxygen atoms in total. The van der Waals surface area contributed by atoms with Crippen LogP contribution in [0, 0.1) is 6.92 Å². The Morgan fingerprint density at radius 3 is 2.55 bits per heavy atom. The average molecular weight is 280 g/mol.